The highest BCUT2D eigenvalue weighted by Crippen LogP contribution is 2.27. The Morgan fingerprint density at radius 1 is 1.35 bits per heavy atom. The molecule has 3 rings (SSSR count). The van der Waals surface area contributed by atoms with E-state index in [9.17, 15) is 0 Å². The van der Waals surface area contributed by atoms with Crippen molar-refractivity contribution in [3.8, 4) is 0 Å². The summed E-state index contributed by atoms with van der Waals surface area (Å²) in [5.41, 5.74) is 1.15. The van der Waals surface area contributed by atoms with E-state index in [2.05, 4.69) is 46.7 Å². The van der Waals surface area contributed by atoms with Gasteiger partial charge in [-0.05, 0) is 37.3 Å². The van der Waals surface area contributed by atoms with Crippen LogP contribution in [-0.2, 0) is 6.54 Å². The summed E-state index contributed by atoms with van der Waals surface area (Å²) in [5, 5.41) is 10.4. The van der Waals surface area contributed by atoms with Gasteiger partial charge in [-0.1, -0.05) is 25.3 Å². The molecule has 0 aromatic carbocycles. The largest absolute Gasteiger partial charge is 0.304 e. The number of thiophene rings is 1. The van der Waals surface area contributed by atoms with Crippen molar-refractivity contribution in [2.75, 3.05) is 0 Å². The van der Waals surface area contributed by atoms with Crippen LogP contribution in [0.4, 0.5) is 0 Å². The van der Waals surface area contributed by atoms with Crippen LogP contribution in [0.2, 0.25) is 0 Å². The molecule has 0 aliphatic heterocycles. The maximum atomic E-state index is 4.74. The summed E-state index contributed by atoms with van der Waals surface area (Å²) in [6.07, 6.45) is 8.84. The van der Waals surface area contributed by atoms with E-state index in [-0.39, 0.29) is 0 Å². The first-order chi connectivity index (χ1) is 9.83. The zero-order valence-corrected chi connectivity index (χ0v) is 12.9. The van der Waals surface area contributed by atoms with E-state index < -0.39 is 0 Å². The van der Waals surface area contributed by atoms with Gasteiger partial charge in [0.2, 0.25) is 0 Å². The van der Waals surface area contributed by atoms with Gasteiger partial charge in [-0.3, -0.25) is 4.68 Å². The lowest BCUT2D eigenvalue weighted by molar-refractivity contribution is 0.327. The molecule has 2 heterocycles. The van der Waals surface area contributed by atoms with Crippen molar-refractivity contribution >= 4 is 11.3 Å². The first-order valence-corrected chi connectivity index (χ1v) is 8.52. The van der Waals surface area contributed by atoms with Crippen LogP contribution in [0, 0.1) is 0 Å². The highest BCUT2D eigenvalue weighted by atomic mass is 32.1. The Balaban J connectivity index is 1.54. The van der Waals surface area contributed by atoms with Crippen molar-refractivity contribution in [3.05, 3.63) is 40.3 Å². The Hall–Kier alpha value is -1.13. The van der Waals surface area contributed by atoms with Crippen molar-refractivity contribution in [3.63, 3.8) is 0 Å². The highest BCUT2D eigenvalue weighted by Gasteiger charge is 2.16. The third-order valence-electron chi connectivity index (χ3n) is 4.17. The summed E-state index contributed by atoms with van der Waals surface area (Å²) in [7, 11) is 0. The number of nitrogens with zero attached hydrogens (tertiary/aromatic N) is 2. The predicted molar refractivity (Wildman–Crippen MR) is 83.9 cm³/mol. The fourth-order valence-corrected chi connectivity index (χ4v) is 3.68. The Labute approximate surface area is 125 Å². The SMILES string of the molecule is C[C@@H](NCc1ccn(C2CCCCC2)n1)c1cccs1. The molecule has 0 amide bonds. The van der Waals surface area contributed by atoms with Gasteiger partial charge >= 0.3 is 0 Å². The van der Waals surface area contributed by atoms with Crippen molar-refractivity contribution in [1.82, 2.24) is 15.1 Å². The molecule has 1 N–H and O–H groups in total. The lowest BCUT2D eigenvalue weighted by atomic mass is 9.96. The average molecular weight is 289 g/mol. The Kier molecular flexibility index (Phi) is 4.53. The van der Waals surface area contributed by atoms with Crippen LogP contribution in [0.1, 0.15) is 61.7 Å². The Morgan fingerprint density at radius 3 is 2.95 bits per heavy atom. The van der Waals surface area contributed by atoms with Crippen molar-refractivity contribution in [1.29, 1.82) is 0 Å². The van der Waals surface area contributed by atoms with Gasteiger partial charge in [0.25, 0.3) is 0 Å². The molecule has 2 aromatic rings. The zero-order chi connectivity index (χ0) is 13.8. The molecule has 2 aromatic heterocycles. The quantitative estimate of drug-likeness (QED) is 0.889. The molecule has 1 aliphatic carbocycles. The number of aromatic nitrogens is 2. The van der Waals surface area contributed by atoms with Gasteiger partial charge in [0.05, 0.1) is 11.7 Å². The summed E-state index contributed by atoms with van der Waals surface area (Å²) < 4.78 is 2.19. The second kappa shape index (κ2) is 6.55. The molecule has 0 spiro atoms. The molecule has 108 valence electrons. The molecule has 0 saturated heterocycles. The van der Waals surface area contributed by atoms with E-state index in [1.807, 2.05) is 0 Å². The molecule has 1 atom stereocenters. The minimum atomic E-state index is 0.398. The van der Waals surface area contributed by atoms with Crippen LogP contribution in [0.5, 0.6) is 0 Å². The van der Waals surface area contributed by atoms with Crippen molar-refractivity contribution in [2.24, 2.45) is 0 Å². The summed E-state index contributed by atoms with van der Waals surface area (Å²) in [6, 6.07) is 7.48. The van der Waals surface area contributed by atoms with Crippen LogP contribution < -0.4 is 5.32 Å². The maximum Gasteiger partial charge on any atom is 0.0762 e. The second-order valence-electron chi connectivity index (χ2n) is 5.70. The minimum absolute atomic E-state index is 0.398. The second-order valence-corrected chi connectivity index (χ2v) is 6.68. The lowest BCUT2D eigenvalue weighted by Gasteiger charge is -2.21. The van der Waals surface area contributed by atoms with Gasteiger partial charge in [-0.25, -0.2) is 0 Å². The van der Waals surface area contributed by atoms with E-state index >= 15 is 0 Å². The molecule has 0 bridgehead atoms. The molecule has 1 fully saturated rings. The fourth-order valence-electron chi connectivity index (χ4n) is 2.92. The third-order valence-corrected chi connectivity index (χ3v) is 5.23. The summed E-state index contributed by atoms with van der Waals surface area (Å²) in [4.78, 5) is 1.39. The summed E-state index contributed by atoms with van der Waals surface area (Å²) in [6.45, 7) is 3.06. The number of nitrogens with one attached hydrogen (secondary N) is 1. The van der Waals surface area contributed by atoms with Crippen LogP contribution in [0.15, 0.2) is 29.8 Å². The first-order valence-electron chi connectivity index (χ1n) is 7.64. The van der Waals surface area contributed by atoms with E-state index in [1.54, 1.807) is 11.3 Å². The maximum absolute atomic E-state index is 4.74. The zero-order valence-electron chi connectivity index (χ0n) is 12.1. The first kappa shape index (κ1) is 13.8. The van der Waals surface area contributed by atoms with Crippen molar-refractivity contribution < 1.29 is 0 Å². The predicted octanol–water partition coefficient (Wildman–Crippen LogP) is 4.30. The van der Waals surface area contributed by atoms with Crippen LogP contribution in [0.25, 0.3) is 0 Å². The van der Waals surface area contributed by atoms with Gasteiger partial charge < -0.3 is 5.32 Å². The van der Waals surface area contributed by atoms with E-state index in [1.165, 1.54) is 37.0 Å². The third kappa shape index (κ3) is 3.30. The summed E-state index contributed by atoms with van der Waals surface area (Å²) in [5.74, 6) is 0. The molecular weight excluding hydrogens is 266 g/mol. The van der Waals surface area contributed by atoms with Gasteiger partial charge in [0.15, 0.2) is 0 Å². The molecule has 1 aliphatic rings. The smallest absolute Gasteiger partial charge is 0.0762 e. The highest BCUT2D eigenvalue weighted by molar-refractivity contribution is 7.10. The monoisotopic (exact) mass is 289 g/mol. The van der Waals surface area contributed by atoms with Crippen molar-refractivity contribution in [2.45, 2.75) is 57.7 Å². The molecule has 0 unspecified atom stereocenters. The van der Waals surface area contributed by atoms with Crippen LogP contribution in [-0.4, -0.2) is 9.78 Å². The molecule has 3 nitrogen and oxygen atoms in total. The van der Waals surface area contributed by atoms with Gasteiger partial charge in [0, 0.05) is 23.7 Å². The lowest BCUT2D eigenvalue weighted by Crippen LogP contribution is -2.18. The number of rotatable bonds is 5. The van der Waals surface area contributed by atoms with E-state index in [0.717, 1.165) is 12.2 Å². The van der Waals surface area contributed by atoms with E-state index in [0.29, 0.717) is 12.1 Å². The molecule has 1 saturated carbocycles. The molecule has 4 heteroatoms. The standard InChI is InChI=1S/C16H23N3S/c1-13(16-8-5-11-20-16)17-12-14-9-10-19(18-14)15-6-3-2-4-7-15/h5,8-11,13,15,17H,2-4,6-7,12H2,1H3/t13-/m1/s1. The summed E-state index contributed by atoms with van der Waals surface area (Å²) >= 11 is 1.81. The Morgan fingerprint density at radius 2 is 2.20 bits per heavy atom. The fraction of sp³-hybridized carbons (Fsp3) is 0.562. The van der Waals surface area contributed by atoms with Gasteiger partial charge in [-0.2, -0.15) is 5.10 Å². The van der Waals surface area contributed by atoms with E-state index in [4.69, 9.17) is 5.10 Å². The normalized spacial score (nSPS) is 18.2. The minimum Gasteiger partial charge on any atom is -0.304 e. The van der Waals surface area contributed by atoms with Gasteiger partial charge in [-0.15, -0.1) is 11.3 Å². The molecule has 20 heavy (non-hydrogen) atoms. The van der Waals surface area contributed by atoms with Crippen LogP contribution in [0.3, 0.4) is 0 Å². The average Bonchev–Trinajstić information content (AvgIpc) is 3.17. The molecule has 0 radical (unpaired) electrons. The number of hydrogen-bond donors (Lipinski definition) is 1. The van der Waals surface area contributed by atoms with Gasteiger partial charge in [0.1, 0.15) is 0 Å². The molecular formula is C16H23N3S. The Bertz CT molecular complexity index is 512. The number of hydrogen-bond acceptors (Lipinski definition) is 3. The topological polar surface area (TPSA) is 29.9 Å². The van der Waals surface area contributed by atoms with Crippen LogP contribution >= 0.6 is 11.3 Å².